The summed E-state index contributed by atoms with van der Waals surface area (Å²) in [6.07, 6.45) is 1.46. The average molecular weight is 328 g/mol. The summed E-state index contributed by atoms with van der Waals surface area (Å²) in [5.41, 5.74) is 1.34. The quantitative estimate of drug-likeness (QED) is 0.918. The maximum Gasteiger partial charge on any atom is 0.262 e. The van der Waals surface area contributed by atoms with Gasteiger partial charge in [0.1, 0.15) is 11.6 Å². The Morgan fingerprint density at radius 3 is 2.46 bits per heavy atom. The lowest BCUT2D eigenvalue weighted by molar-refractivity contribution is -0.118. The summed E-state index contributed by atoms with van der Waals surface area (Å²) in [5, 5.41) is 2.62. The standard InChI is InChI=1S/C18H17FN2O3/c19-13-3-5-14(6-4-13)20-17(22)12-24-16-9-7-15(8-10-16)21-11-1-2-18(21)23/h3-10H,1-2,11-12H2,(H,20,22). The van der Waals surface area contributed by atoms with Crippen LogP contribution in [0.2, 0.25) is 0 Å². The highest BCUT2D eigenvalue weighted by atomic mass is 19.1. The highest BCUT2D eigenvalue weighted by Gasteiger charge is 2.21. The molecule has 2 amide bonds. The van der Waals surface area contributed by atoms with Crippen molar-refractivity contribution in [3.8, 4) is 5.75 Å². The zero-order valence-corrected chi connectivity index (χ0v) is 13.0. The number of halogens is 1. The van der Waals surface area contributed by atoms with Gasteiger partial charge < -0.3 is 15.0 Å². The summed E-state index contributed by atoms with van der Waals surface area (Å²) in [5.74, 6) is -0.0248. The van der Waals surface area contributed by atoms with Crippen LogP contribution in [0.1, 0.15) is 12.8 Å². The molecule has 0 radical (unpaired) electrons. The lowest BCUT2D eigenvalue weighted by atomic mass is 10.3. The normalized spacial score (nSPS) is 13.9. The molecule has 0 bridgehead atoms. The Labute approximate surface area is 139 Å². The van der Waals surface area contributed by atoms with Crippen LogP contribution in [-0.2, 0) is 9.59 Å². The number of ether oxygens (including phenoxy) is 1. The third kappa shape index (κ3) is 3.90. The second-order valence-corrected chi connectivity index (χ2v) is 5.49. The molecular formula is C18H17FN2O3. The summed E-state index contributed by atoms with van der Waals surface area (Å²) < 4.78 is 18.2. The van der Waals surface area contributed by atoms with E-state index in [-0.39, 0.29) is 24.2 Å². The maximum absolute atomic E-state index is 12.8. The Morgan fingerprint density at radius 2 is 1.83 bits per heavy atom. The number of nitrogens with one attached hydrogen (secondary N) is 1. The second-order valence-electron chi connectivity index (χ2n) is 5.49. The maximum atomic E-state index is 12.8. The monoisotopic (exact) mass is 328 g/mol. The number of benzene rings is 2. The van der Waals surface area contributed by atoms with E-state index >= 15 is 0 Å². The third-order valence-corrected chi connectivity index (χ3v) is 3.72. The number of hydrogen-bond donors (Lipinski definition) is 1. The second kappa shape index (κ2) is 7.12. The highest BCUT2D eigenvalue weighted by molar-refractivity contribution is 5.95. The number of anilines is 2. The largest absolute Gasteiger partial charge is 0.484 e. The van der Waals surface area contributed by atoms with Crippen LogP contribution in [0.4, 0.5) is 15.8 Å². The Kier molecular flexibility index (Phi) is 4.74. The summed E-state index contributed by atoms with van der Waals surface area (Å²) >= 11 is 0. The Balaban J connectivity index is 1.51. The minimum absolute atomic E-state index is 0.127. The van der Waals surface area contributed by atoms with E-state index in [1.807, 2.05) is 0 Å². The van der Waals surface area contributed by atoms with E-state index in [1.165, 1.54) is 24.3 Å². The molecule has 0 aliphatic carbocycles. The fourth-order valence-corrected chi connectivity index (χ4v) is 2.52. The smallest absolute Gasteiger partial charge is 0.262 e. The van der Waals surface area contributed by atoms with Gasteiger partial charge in [-0.1, -0.05) is 0 Å². The van der Waals surface area contributed by atoms with Gasteiger partial charge in [-0.2, -0.15) is 0 Å². The van der Waals surface area contributed by atoms with Crippen LogP contribution >= 0.6 is 0 Å². The van der Waals surface area contributed by atoms with E-state index in [4.69, 9.17) is 4.74 Å². The van der Waals surface area contributed by atoms with E-state index in [0.29, 0.717) is 17.9 Å². The first-order chi connectivity index (χ1) is 11.6. The van der Waals surface area contributed by atoms with Gasteiger partial charge in [0, 0.05) is 24.3 Å². The molecule has 1 heterocycles. The number of hydrogen-bond acceptors (Lipinski definition) is 3. The van der Waals surface area contributed by atoms with E-state index in [2.05, 4.69) is 5.32 Å². The topological polar surface area (TPSA) is 58.6 Å². The molecule has 5 nitrogen and oxygen atoms in total. The van der Waals surface area contributed by atoms with Gasteiger partial charge in [-0.15, -0.1) is 0 Å². The lowest BCUT2D eigenvalue weighted by Crippen LogP contribution is -2.23. The fraction of sp³-hybridized carbons (Fsp3) is 0.222. The molecule has 1 aliphatic rings. The number of rotatable bonds is 5. The van der Waals surface area contributed by atoms with Crippen molar-refractivity contribution in [1.82, 2.24) is 0 Å². The van der Waals surface area contributed by atoms with Gasteiger partial charge in [-0.25, -0.2) is 4.39 Å². The number of carbonyl (C=O) groups is 2. The summed E-state index contributed by atoms with van der Waals surface area (Å²) in [6, 6.07) is 12.6. The molecule has 2 aromatic rings. The van der Waals surface area contributed by atoms with Crippen molar-refractivity contribution in [3.05, 3.63) is 54.3 Å². The lowest BCUT2D eigenvalue weighted by Gasteiger charge is -2.16. The van der Waals surface area contributed by atoms with Crippen molar-refractivity contribution in [2.45, 2.75) is 12.8 Å². The van der Waals surface area contributed by atoms with Crippen LogP contribution in [0.3, 0.4) is 0 Å². The molecular weight excluding hydrogens is 311 g/mol. The van der Waals surface area contributed by atoms with Gasteiger partial charge in [-0.3, -0.25) is 9.59 Å². The van der Waals surface area contributed by atoms with Crippen molar-refractivity contribution < 1.29 is 18.7 Å². The first kappa shape index (κ1) is 16.0. The van der Waals surface area contributed by atoms with Gasteiger partial charge in [0.25, 0.3) is 5.91 Å². The van der Waals surface area contributed by atoms with Crippen LogP contribution in [0.5, 0.6) is 5.75 Å². The molecule has 124 valence electrons. The minimum Gasteiger partial charge on any atom is -0.484 e. The van der Waals surface area contributed by atoms with Crippen molar-refractivity contribution in [2.24, 2.45) is 0 Å². The molecule has 1 fully saturated rings. The highest BCUT2D eigenvalue weighted by Crippen LogP contribution is 2.23. The molecule has 1 saturated heterocycles. The molecule has 24 heavy (non-hydrogen) atoms. The van der Waals surface area contributed by atoms with Crippen molar-refractivity contribution in [2.75, 3.05) is 23.4 Å². The molecule has 0 saturated carbocycles. The van der Waals surface area contributed by atoms with Crippen LogP contribution in [0.25, 0.3) is 0 Å². The van der Waals surface area contributed by atoms with Gasteiger partial charge >= 0.3 is 0 Å². The Bertz CT molecular complexity index is 729. The zero-order chi connectivity index (χ0) is 16.9. The number of carbonyl (C=O) groups excluding carboxylic acids is 2. The predicted octanol–water partition coefficient (Wildman–Crippen LogP) is 2.97. The third-order valence-electron chi connectivity index (χ3n) is 3.72. The van der Waals surface area contributed by atoms with Crippen LogP contribution in [-0.4, -0.2) is 25.0 Å². The molecule has 0 atom stereocenters. The fourth-order valence-electron chi connectivity index (χ4n) is 2.52. The number of nitrogens with zero attached hydrogens (tertiary/aromatic N) is 1. The predicted molar refractivity (Wildman–Crippen MR) is 88.6 cm³/mol. The van der Waals surface area contributed by atoms with E-state index in [1.54, 1.807) is 29.2 Å². The molecule has 0 unspecified atom stereocenters. The Hall–Kier alpha value is -2.89. The molecule has 2 aromatic carbocycles. The molecule has 1 N–H and O–H groups in total. The summed E-state index contributed by atoms with van der Waals surface area (Å²) in [6.45, 7) is 0.582. The van der Waals surface area contributed by atoms with Crippen molar-refractivity contribution >= 4 is 23.2 Å². The van der Waals surface area contributed by atoms with Gasteiger partial charge in [-0.05, 0) is 55.0 Å². The average Bonchev–Trinajstić information content (AvgIpc) is 3.02. The first-order valence-electron chi connectivity index (χ1n) is 7.70. The zero-order valence-electron chi connectivity index (χ0n) is 13.0. The first-order valence-corrected chi connectivity index (χ1v) is 7.70. The van der Waals surface area contributed by atoms with Crippen LogP contribution < -0.4 is 15.0 Å². The number of amides is 2. The molecule has 6 heteroatoms. The van der Waals surface area contributed by atoms with Gasteiger partial charge in [0.15, 0.2) is 6.61 Å². The van der Waals surface area contributed by atoms with Crippen molar-refractivity contribution in [3.63, 3.8) is 0 Å². The minimum atomic E-state index is -0.360. The van der Waals surface area contributed by atoms with Gasteiger partial charge in [0.05, 0.1) is 0 Å². The summed E-state index contributed by atoms with van der Waals surface area (Å²) in [7, 11) is 0. The summed E-state index contributed by atoms with van der Waals surface area (Å²) in [4.78, 5) is 25.2. The SMILES string of the molecule is O=C(COc1ccc(N2CCCC2=O)cc1)Nc1ccc(F)cc1. The van der Waals surface area contributed by atoms with Crippen LogP contribution in [0.15, 0.2) is 48.5 Å². The molecule has 0 spiro atoms. The van der Waals surface area contributed by atoms with E-state index in [0.717, 1.165) is 18.7 Å². The molecule has 0 aromatic heterocycles. The van der Waals surface area contributed by atoms with Crippen LogP contribution in [0, 0.1) is 5.82 Å². The Morgan fingerprint density at radius 1 is 1.12 bits per heavy atom. The van der Waals surface area contributed by atoms with E-state index < -0.39 is 0 Å². The van der Waals surface area contributed by atoms with Gasteiger partial charge in [0.2, 0.25) is 5.91 Å². The van der Waals surface area contributed by atoms with Crippen molar-refractivity contribution in [1.29, 1.82) is 0 Å². The molecule has 1 aliphatic heterocycles. The molecule has 3 rings (SSSR count). The van der Waals surface area contributed by atoms with E-state index in [9.17, 15) is 14.0 Å².